The maximum absolute atomic E-state index is 13.5. The average Bonchev–Trinajstić information content (AvgIpc) is 3.29. The number of nitrogens with one attached hydrogen (secondary N) is 4. The van der Waals surface area contributed by atoms with E-state index in [1.165, 1.54) is 0 Å². The molecule has 0 spiro atoms. The number of aliphatic hydroxyl groups excluding tert-OH is 2. The number of thioether (sulfide) groups is 1. The van der Waals surface area contributed by atoms with Crippen LogP contribution in [0.2, 0.25) is 0 Å². The minimum Gasteiger partial charge on any atom is -0.392 e. The molecule has 0 aromatic carbocycles. The predicted octanol–water partition coefficient (Wildman–Crippen LogP) is 0.382. The van der Waals surface area contributed by atoms with Crippen LogP contribution in [-0.2, 0) is 10.0 Å². The number of hydrazine groups is 1. The van der Waals surface area contributed by atoms with Gasteiger partial charge in [0.2, 0.25) is 10.0 Å². The second-order valence-electron chi connectivity index (χ2n) is 9.91. The summed E-state index contributed by atoms with van der Waals surface area (Å²) in [5, 5.41) is 23.5. The SMILES string of the molecule is O=S(=O)(NC1CC(SC2N=CNN2)[C@@H](O)C2CCCCC12)C1C=C[C@H]2N[C@@H](O)CCC2C1. The van der Waals surface area contributed by atoms with Crippen molar-refractivity contribution in [3.8, 4) is 0 Å². The van der Waals surface area contributed by atoms with Gasteiger partial charge in [-0.1, -0.05) is 25.0 Å². The second kappa shape index (κ2) is 9.52. The molecule has 7 unspecified atom stereocenters. The second-order valence-corrected chi connectivity index (χ2v) is 13.2. The lowest BCUT2D eigenvalue weighted by Gasteiger charge is -2.48. The molecule has 3 aliphatic carbocycles. The molecule has 11 heteroatoms. The molecule has 2 saturated carbocycles. The van der Waals surface area contributed by atoms with Crippen LogP contribution in [0.4, 0.5) is 0 Å². The van der Waals surface area contributed by atoms with E-state index in [9.17, 15) is 18.6 Å². The molecule has 5 rings (SSSR count). The van der Waals surface area contributed by atoms with E-state index >= 15 is 0 Å². The van der Waals surface area contributed by atoms with E-state index < -0.39 is 27.6 Å². The summed E-state index contributed by atoms with van der Waals surface area (Å²) in [6.45, 7) is 0. The molecule has 0 aromatic rings. The summed E-state index contributed by atoms with van der Waals surface area (Å²) < 4.78 is 30.0. The summed E-state index contributed by atoms with van der Waals surface area (Å²) in [5.41, 5.74) is 5.75. The van der Waals surface area contributed by atoms with Gasteiger partial charge >= 0.3 is 0 Å². The van der Waals surface area contributed by atoms with Crippen molar-refractivity contribution in [2.24, 2.45) is 22.7 Å². The van der Waals surface area contributed by atoms with E-state index in [4.69, 9.17) is 0 Å². The number of sulfonamides is 1. The normalized spacial score (nSPS) is 46.3. The third-order valence-electron chi connectivity index (χ3n) is 7.97. The Morgan fingerprint density at radius 1 is 1.03 bits per heavy atom. The molecule has 1 saturated heterocycles. The lowest BCUT2D eigenvalue weighted by molar-refractivity contribution is 0.00209. The van der Waals surface area contributed by atoms with Crippen LogP contribution in [0.3, 0.4) is 0 Å². The monoisotopic (exact) mass is 485 g/mol. The Morgan fingerprint density at radius 2 is 1.84 bits per heavy atom. The molecule has 0 bridgehead atoms. The molecule has 0 radical (unpaired) electrons. The van der Waals surface area contributed by atoms with Gasteiger partial charge in [-0.15, -0.1) is 11.8 Å². The van der Waals surface area contributed by atoms with Crippen molar-refractivity contribution in [2.75, 3.05) is 0 Å². The third-order valence-corrected chi connectivity index (χ3v) is 11.1. The van der Waals surface area contributed by atoms with Crippen LogP contribution in [0.15, 0.2) is 17.1 Å². The molecule has 10 atom stereocenters. The van der Waals surface area contributed by atoms with E-state index in [1.54, 1.807) is 24.2 Å². The Bertz CT molecular complexity index is 840. The Morgan fingerprint density at radius 3 is 2.62 bits per heavy atom. The van der Waals surface area contributed by atoms with Gasteiger partial charge in [0.25, 0.3) is 0 Å². The summed E-state index contributed by atoms with van der Waals surface area (Å²) in [4.78, 5) is 4.32. The van der Waals surface area contributed by atoms with E-state index in [-0.39, 0.29) is 40.6 Å². The van der Waals surface area contributed by atoms with Gasteiger partial charge in [0.15, 0.2) is 5.50 Å². The number of hydrogen-bond acceptors (Lipinski definition) is 9. The maximum atomic E-state index is 13.5. The summed E-state index contributed by atoms with van der Waals surface area (Å²) in [6, 6.07) is -0.117. The first-order valence-corrected chi connectivity index (χ1v) is 14.4. The smallest absolute Gasteiger partial charge is 0.218 e. The van der Waals surface area contributed by atoms with E-state index in [1.807, 2.05) is 6.08 Å². The minimum atomic E-state index is -3.54. The quantitative estimate of drug-likeness (QED) is 0.308. The number of piperidine rings is 1. The lowest BCUT2D eigenvalue weighted by atomic mass is 9.67. The van der Waals surface area contributed by atoms with Gasteiger partial charge in [-0.3, -0.25) is 5.32 Å². The number of rotatable bonds is 5. The molecule has 3 fully saturated rings. The fourth-order valence-electron chi connectivity index (χ4n) is 6.33. The third kappa shape index (κ3) is 4.75. The lowest BCUT2D eigenvalue weighted by Crippen LogP contribution is -2.57. The van der Waals surface area contributed by atoms with E-state index in [0.29, 0.717) is 19.3 Å². The largest absolute Gasteiger partial charge is 0.392 e. The molecule has 2 heterocycles. The Balaban J connectivity index is 1.30. The van der Waals surface area contributed by atoms with Gasteiger partial charge in [-0.2, -0.15) is 0 Å². The highest BCUT2D eigenvalue weighted by molar-refractivity contribution is 8.00. The van der Waals surface area contributed by atoms with Crippen LogP contribution >= 0.6 is 11.8 Å². The minimum absolute atomic E-state index is 0.0478. The molecule has 0 amide bonds. The van der Waals surface area contributed by atoms with Crippen LogP contribution < -0.4 is 20.9 Å². The van der Waals surface area contributed by atoms with Crippen LogP contribution in [0.1, 0.15) is 51.4 Å². The van der Waals surface area contributed by atoms with Crippen LogP contribution in [0.5, 0.6) is 0 Å². The molecular formula is C21H35N5O4S2. The topological polar surface area (TPSA) is 135 Å². The van der Waals surface area contributed by atoms with Crippen molar-refractivity contribution in [1.29, 1.82) is 0 Å². The van der Waals surface area contributed by atoms with Crippen LogP contribution in [0, 0.1) is 17.8 Å². The molecule has 5 aliphatic rings. The van der Waals surface area contributed by atoms with Crippen molar-refractivity contribution in [2.45, 2.75) is 91.8 Å². The maximum Gasteiger partial charge on any atom is 0.218 e. The van der Waals surface area contributed by atoms with Crippen LogP contribution in [0.25, 0.3) is 0 Å². The molecule has 6 N–H and O–H groups in total. The zero-order valence-corrected chi connectivity index (χ0v) is 19.8. The summed E-state index contributed by atoms with van der Waals surface area (Å²) in [7, 11) is -3.54. The Labute approximate surface area is 194 Å². The Kier molecular flexibility index (Phi) is 6.86. The number of aliphatic hydroxyl groups is 2. The zero-order chi connectivity index (χ0) is 22.3. The van der Waals surface area contributed by atoms with E-state index in [0.717, 1.165) is 32.1 Å². The number of hydrogen-bond donors (Lipinski definition) is 6. The molecule has 0 aromatic heterocycles. The summed E-state index contributed by atoms with van der Waals surface area (Å²) in [6.07, 6.45) is 11.1. The zero-order valence-electron chi connectivity index (χ0n) is 18.1. The molecule has 180 valence electrons. The number of fused-ring (bicyclic) bond motifs is 2. The number of nitrogens with zero attached hydrogens (tertiary/aromatic N) is 1. The summed E-state index contributed by atoms with van der Waals surface area (Å²) >= 11 is 1.57. The first kappa shape index (κ1) is 23.1. The Hall–Kier alpha value is -0.690. The highest BCUT2D eigenvalue weighted by atomic mass is 32.2. The van der Waals surface area contributed by atoms with Crippen molar-refractivity contribution in [3.63, 3.8) is 0 Å². The highest BCUT2D eigenvalue weighted by Crippen LogP contribution is 2.45. The van der Waals surface area contributed by atoms with Gasteiger partial charge < -0.3 is 15.6 Å². The highest BCUT2D eigenvalue weighted by Gasteiger charge is 2.47. The average molecular weight is 486 g/mol. The number of aliphatic imine (C=N–C) groups is 1. The first-order chi connectivity index (χ1) is 15.4. The predicted molar refractivity (Wildman–Crippen MR) is 125 cm³/mol. The first-order valence-electron chi connectivity index (χ1n) is 11.9. The van der Waals surface area contributed by atoms with Gasteiger partial charge in [-0.25, -0.2) is 23.6 Å². The van der Waals surface area contributed by atoms with Crippen molar-refractivity contribution in [1.82, 2.24) is 20.9 Å². The van der Waals surface area contributed by atoms with Crippen molar-refractivity contribution in [3.05, 3.63) is 12.2 Å². The van der Waals surface area contributed by atoms with Crippen molar-refractivity contribution >= 4 is 28.1 Å². The van der Waals surface area contributed by atoms with Crippen LogP contribution in [-0.4, -0.2) is 65.4 Å². The fourth-order valence-corrected chi connectivity index (χ4v) is 9.27. The molecular weight excluding hydrogens is 450 g/mol. The van der Waals surface area contributed by atoms with Crippen molar-refractivity contribution < 1.29 is 18.6 Å². The fraction of sp³-hybridized carbons (Fsp3) is 0.857. The molecule has 32 heavy (non-hydrogen) atoms. The van der Waals surface area contributed by atoms with Gasteiger partial charge in [0, 0.05) is 17.3 Å². The van der Waals surface area contributed by atoms with Gasteiger partial charge in [0.1, 0.15) is 6.23 Å². The van der Waals surface area contributed by atoms with Gasteiger partial charge in [0.05, 0.1) is 17.7 Å². The van der Waals surface area contributed by atoms with E-state index in [2.05, 4.69) is 25.9 Å². The standard InChI is InChI=1S/C21H35N5O4S2/c27-19-8-5-12-9-13(6-7-16(12)24-19)32(29,30)26-17-10-18(31-21-22-11-23-25-21)20(28)15-4-2-1-3-14(15)17/h6-7,11-21,24-28H,1-5,8-10H2,(H,22,23)/t12?,13?,14?,15?,16-,17?,18?,19+,20+,21?/m1/s1. The summed E-state index contributed by atoms with van der Waals surface area (Å²) in [5.74, 6) is 0.523. The molecule has 9 nitrogen and oxygen atoms in total. The van der Waals surface area contributed by atoms with Gasteiger partial charge in [-0.05, 0) is 56.3 Å². The molecule has 2 aliphatic heterocycles.